The van der Waals surface area contributed by atoms with E-state index in [1.807, 2.05) is 11.9 Å². The largest absolute Gasteiger partial charge is 0.338 e. The Hall–Kier alpha value is -1.15. The number of carbonyl (C=O) groups excluding carboxylic acids is 1. The van der Waals surface area contributed by atoms with Crippen LogP contribution in [0.5, 0.6) is 0 Å². The minimum atomic E-state index is -3.41. The number of nitrogens with one attached hydrogen (secondary N) is 2. The fourth-order valence-corrected chi connectivity index (χ4v) is 3.69. The first kappa shape index (κ1) is 20.9. The number of carbonyl (C=O) groups is 1. The molecule has 0 saturated carbocycles. The molecule has 24 heavy (non-hydrogen) atoms. The van der Waals surface area contributed by atoms with Crippen LogP contribution >= 0.6 is 12.4 Å². The van der Waals surface area contributed by atoms with E-state index in [1.54, 1.807) is 24.3 Å². The van der Waals surface area contributed by atoms with Gasteiger partial charge in [0.25, 0.3) is 0 Å². The molecular formula is C16H26ClN3O3S. The first-order valence-corrected chi connectivity index (χ1v) is 9.43. The second kappa shape index (κ2) is 9.36. The lowest BCUT2D eigenvalue weighted by Gasteiger charge is -2.24. The maximum Gasteiger partial charge on any atom is 0.240 e. The molecule has 1 saturated heterocycles. The van der Waals surface area contributed by atoms with Crippen molar-refractivity contribution in [1.29, 1.82) is 0 Å². The van der Waals surface area contributed by atoms with Crippen LogP contribution in [0.25, 0.3) is 0 Å². The van der Waals surface area contributed by atoms with E-state index in [9.17, 15) is 13.2 Å². The molecule has 1 fully saturated rings. The topological polar surface area (TPSA) is 78.5 Å². The monoisotopic (exact) mass is 375 g/mol. The second-order valence-electron chi connectivity index (χ2n) is 5.79. The number of likely N-dealkylation sites (tertiary alicyclic amines) is 1. The standard InChI is InChI=1S/C16H25N3O3S.ClH/c1-17-12-14-4-3-11-19(14)16(20)10-7-13-5-8-15(9-6-13)23(21,22)18-2;/h5-6,8-9,14,17-18H,3-4,7,10-12H2,1-2H3;1H. The van der Waals surface area contributed by atoms with E-state index in [2.05, 4.69) is 10.0 Å². The molecule has 2 rings (SSSR count). The fourth-order valence-electron chi connectivity index (χ4n) is 2.96. The van der Waals surface area contributed by atoms with Crippen LogP contribution in [-0.2, 0) is 21.2 Å². The molecule has 1 aliphatic heterocycles. The maximum absolute atomic E-state index is 12.4. The SMILES string of the molecule is CNCC1CCCN1C(=O)CCc1ccc(S(=O)(=O)NC)cc1.Cl. The number of aryl methyl sites for hydroxylation is 1. The molecule has 0 radical (unpaired) electrons. The van der Waals surface area contributed by atoms with Gasteiger partial charge in [0, 0.05) is 25.6 Å². The molecule has 136 valence electrons. The van der Waals surface area contributed by atoms with Crippen molar-refractivity contribution in [3.63, 3.8) is 0 Å². The first-order chi connectivity index (χ1) is 11.0. The average molecular weight is 376 g/mol. The van der Waals surface area contributed by atoms with Crippen LogP contribution in [-0.4, -0.2) is 52.5 Å². The van der Waals surface area contributed by atoms with Gasteiger partial charge in [-0.1, -0.05) is 12.1 Å². The van der Waals surface area contributed by atoms with E-state index in [4.69, 9.17) is 0 Å². The van der Waals surface area contributed by atoms with Crippen molar-refractivity contribution < 1.29 is 13.2 Å². The molecule has 1 aromatic rings. The number of rotatable bonds is 7. The fraction of sp³-hybridized carbons (Fsp3) is 0.562. The molecule has 0 bridgehead atoms. The molecule has 1 aliphatic rings. The van der Waals surface area contributed by atoms with E-state index in [-0.39, 0.29) is 23.2 Å². The normalized spacial score (nSPS) is 17.6. The highest BCUT2D eigenvalue weighted by molar-refractivity contribution is 7.89. The highest BCUT2D eigenvalue weighted by Gasteiger charge is 2.27. The Morgan fingerprint density at radius 1 is 1.25 bits per heavy atom. The van der Waals surface area contributed by atoms with E-state index in [0.717, 1.165) is 31.5 Å². The predicted octanol–water partition coefficient (Wildman–Crippen LogP) is 1.16. The smallest absolute Gasteiger partial charge is 0.240 e. The zero-order valence-corrected chi connectivity index (χ0v) is 15.8. The van der Waals surface area contributed by atoms with Gasteiger partial charge >= 0.3 is 0 Å². The zero-order valence-electron chi connectivity index (χ0n) is 14.1. The molecule has 1 aromatic carbocycles. The Labute approximate surface area is 150 Å². The third-order valence-corrected chi connectivity index (χ3v) is 5.70. The third-order valence-electron chi connectivity index (χ3n) is 4.27. The minimum Gasteiger partial charge on any atom is -0.338 e. The number of nitrogens with zero attached hydrogens (tertiary/aromatic N) is 1. The quantitative estimate of drug-likeness (QED) is 0.749. The highest BCUT2D eigenvalue weighted by atomic mass is 35.5. The Morgan fingerprint density at radius 3 is 2.50 bits per heavy atom. The summed E-state index contributed by atoms with van der Waals surface area (Å²) in [6.45, 7) is 1.67. The van der Waals surface area contributed by atoms with Gasteiger partial charge in [-0.3, -0.25) is 4.79 Å². The van der Waals surface area contributed by atoms with Crippen molar-refractivity contribution in [3.05, 3.63) is 29.8 Å². The van der Waals surface area contributed by atoms with Crippen molar-refractivity contribution >= 4 is 28.3 Å². The number of halogens is 1. The zero-order chi connectivity index (χ0) is 16.9. The lowest BCUT2D eigenvalue weighted by atomic mass is 10.1. The molecule has 1 unspecified atom stereocenters. The van der Waals surface area contributed by atoms with Crippen LogP contribution in [0, 0.1) is 0 Å². The van der Waals surface area contributed by atoms with Crippen LogP contribution in [0.4, 0.5) is 0 Å². The van der Waals surface area contributed by atoms with E-state index < -0.39 is 10.0 Å². The van der Waals surface area contributed by atoms with Gasteiger partial charge in [-0.15, -0.1) is 12.4 Å². The lowest BCUT2D eigenvalue weighted by Crippen LogP contribution is -2.40. The summed E-state index contributed by atoms with van der Waals surface area (Å²) >= 11 is 0. The molecule has 0 spiro atoms. The number of sulfonamides is 1. The summed E-state index contributed by atoms with van der Waals surface area (Å²) in [4.78, 5) is 14.6. The lowest BCUT2D eigenvalue weighted by molar-refractivity contribution is -0.131. The van der Waals surface area contributed by atoms with Crippen LogP contribution in [0.3, 0.4) is 0 Å². The summed E-state index contributed by atoms with van der Waals surface area (Å²) in [7, 11) is -0.112. The average Bonchev–Trinajstić information content (AvgIpc) is 3.02. The number of hydrogen-bond donors (Lipinski definition) is 2. The Kier molecular flexibility index (Phi) is 8.15. The summed E-state index contributed by atoms with van der Waals surface area (Å²) in [5.41, 5.74) is 0.970. The van der Waals surface area contributed by atoms with Gasteiger partial charge in [0.1, 0.15) is 0 Å². The first-order valence-electron chi connectivity index (χ1n) is 7.94. The molecule has 2 N–H and O–H groups in total. The van der Waals surface area contributed by atoms with E-state index in [1.165, 1.54) is 7.05 Å². The molecule has 0 aromatic heterocycles. The van der Waals surface area contributed by atoms with Crippen molar-refractivity contribution in [2.75, 3.05) is 27.2 Å². The number of likely N-dealkylation sites (N-methyl/N-ethyl adjacent to an activating group) is 1. The summed E-state index contributed by atoms with van der Waals surface area (Å²) in [6.07, 6.45) is 3.21. The van der Waals surface area contributed by atoms with Gasteiger partial charge < -0.3 is 10.2 Å². The van der Waals surface area contributed by atoms with E-state index >= 15 is 0 Å². The molecule has 1 heterocycles. The van der Waals surface area contributed by atoms with Crippen molar-refractivity contribution in [2.45, 2.75) is 36.6 Å². The van der Waals surface area contributed by atoms with Crippen molar-refractivity contribution in [3.8, 4) is 0 Å². The number of hydrogen-bond acceptors (Lipinski definition) is 4. The molecule has 1 amide bonds. The summed E-state index contributed by atoms with van der Waals surface area (Å²) in [6, 6.07) is 6.99. The van der Waals surface area contributed by atoms with Crippen LogP contribution in [0.15, 0.2) is 29.2 Å². The van der Waals surface area contributed by atoms with Gasteiger partial charge in [0.05, 0.1) is 4.90 Å². The van der Waals surface area contributed by atoms with Crippen LogP contribution in [0.1, 0.15) is 24.8 Å². The molecule has 8 heteroatoms. The van der Waals surface area contributed by atoms with Crippen LogP contribution < -0.4 is 10.0 Å². The Balaban J connectivity index is 0.00000288. The van der Waals surface area contributed by atoms with Gasteiger partial charge in [0.15, 0.2) is 0 Å². The molecule has 0 aliphatic carbocycles. The maximum atomic E-state index is 12.4. The minimum absolute atomic E-state index is 0. The van der Waals surface area contributed by atoms with Crippen molar-refractivity contribution in [2.24, 2.45) is 0 Å². The second-order valence-corrected chi connectivity index (χ2v) is 7.68. The van der Waals surface area contributed by atoms with Gasteiger partial charge in [-0.25, -0.2) is 13.1 Å². The highest BCUT2D eigenvalue weighted by Crippen LogP contribution is 2.19. The van der Waals surface area contributed by atoms with Crippen LogP contribution in [0.2, 0.25) is 0 Å². The Morgan fingerprint density at radius 2 is 1.92 bits per heavy atom. The number of benzene rings is 1. The molecule has 1 atom stereocenters. The molecule has 6 nitrogen and oxygen atoms in total. The summed E-state index contributed by atoms with van der Waals surface area (Å²) < 4.78 is 25.6. The summed E-state index contributed by atoms with van der Waals surface area (Å²) in [5.74, 6) is 0.176. The van der Waals surface area contributed by atoms with Gasteiger partial charge in [-0.05, 0) is 51.1 Å². The molecular weight excluding hydrogens is 350 g/mol. The van der Waals surface area contributed by atoms with Crippen molar-refractivity contribution in [1.82, 2.24) is 14.9 Å². The van der Waals surface area contributed by atoms with Gasteiger partial charge in [0.2, 0.25) is 15.9 Å². The predicted molar refractivity (Wildman–Crippen MR) is 96.9 cm³/mol. The Bertz CT molecular complexity index is 634. The number of amides is 1. The summed E-state index contributed by atoms with van der Waals surface area (Å²) in [5, 5.41) is 3.14. The van der Waals surface area contributed by atoms with Gasteiger partial charge in [-0.2, -0.15) is 0 Å². The van der Waals surface area contributed by atoms with E-state index in [0.29, 0.717) is 18.9 Å². The third kappa shape index (κ3) is 5.17.